The van der Waals surface area contributed by atoms with Crippen LogP contribution in [0.25, 0.3) is 0 Å². The van der Waals surface area contributed by atoms with E-state index in [9.17, 15) is 9.18 Å². The predicted octanol–water partition coefficient (Wildman–Crippen LogP) is 4.06. The Morgan fingerprint density at radius 3 is 2.71 bits per heavy atom. The zero-order valence-corrected chi connectivity index (χ0v) is 17.5. The highest BCUT2D eigenvalue weighted by Gasteiger charge is 2.23. The summed E-state index contributed by atoms with van der Waals surface area (Å²) in [6, 6.07) is 6.43. The molecule has 0 fully saturated rings. The number of unbranched alkanes of at least 4 members (excludes halogenated alkanes) is 3. The van der Waals surface area contributed by atoms with Gasteiger partial charge < -0.3 is 5.32 Å². The number of halogens is 1. The molecule has 154 valence electrons. The second kappa shape index (κ2) is 11.0. The van der Waals surface area contributed by atoms with Crippen LogP contribution in [-0.2, 0) is 11.8 Å². The van der Waals surface area contributed by atoms with Gasteiger partial charge in [0.05, 0.1) is 18.8 Å². The number of nitrogens with one attached hydrogen (secondary N) is 1. The molecular weight excluding hydrogens is 355 g/mol. The summed E-state index contributed by atoms with van der Waals surface area (Å²) in [6.45, 7) is 4.47. The Morgan fingerprint density at radius 2 is 2.07 bits per heavy atom. The van der Waals surface area contributed by atoms with Crippen molar-refractivity contribution < 1.29 is 9.18 Å². The van der Waals surface area contributed by atoms with E-state index in [2.05, 4.69) is 24.3 Å². The van der Waals surface area contributed by atoms with Crippen LogP contribution in [0.5, 0.6) is 0 Å². The minimum Gasteiger partial charge on any atom is -0.353 e. The highest BCUT2D eigenvalue weighted by molar-refractivity contribution is 5.78. The van der Waals surface area contributed by atoms with Crippen LogP contribution in [0.2, 0.25) is 0 Å². The number of aromatic nitrogens is 2. The number of carbonyl (C=O) groups is 1. The first-order valence-electron chi connectivity index (χ1n) is 10.1. The number of rotatable bonds is 11. The largest absolute Gasteiger partial charge is 0.353 e. The molecule has 1 heterocycles. The lowest BCUT2D eigenvalue weighted by atomic mass is 10.00. The first-order valence-corrected chi connectivity index (χ1v) is 10.1. The molecule has 0 bridgehead atoms. The molecule has 2 atom stereocenters. The Bertz CT molecular complexity index is 746. The molecule has 2 aromatic rings. The predicted molar refractivity (Wildman–Crippen MR) is 110 cm³/mol. The summed E-state index contributed by atoms with van der Waals surface area (Å²) < 4.78 is 15.5. The fourth-order valence-corrected chi connectivity index (χ4v) is 3.55. The van der Waals surface area contributed by atoms with Crippen molar-refractivity contribution in [2.75, 3.05) is 13.6 Å². The third-order valence-electron chi connectivity index (χ3n) is 4.94. The molecule has 0 aliphatic heterocycles. The summed E-state index contributed by atoms with van der Waals surface area (Å²) in [6.07, 6.45) is 9.45. The van der Waals surface area contributed by atoms with E-state index in [4.69, 9.17) is 0 Å². The van der Waals surface area contributed by atoms with Crippen molar-refractivity contribution in [2.45, 2.75) is 58.0 Å². The van der Waals surface area contributed by atoms with Crippen LogP contribution < -0.4 is 5.32 Å². The van der Waals surface area contributed by atoms with Crippen molar-refractivity contribution in [1.82, 2.24) is 20.0 Å². The van der Waals surface area contributed by atoms with Crippen molar-refractivity contribution in [3.8, 4) is 0 Å². The molecule has 0 radical (unpaired) electrons. The Labute approximate surface area is 167 Å². The molecule has 1 aromatic heterocycles. The quantitative estimate of drug-likeness (QED) is 0.591. The third-order valence-corrected chi connectivity index (χ3v) is 4.94. The molecule has 0 aliphatic rings. The van der Waals surface area contributed by atoms with Crippen LogP contribution >= 0.6 is 0 Å². The maximum atomic E-state index is 13.8. The van der Waals surface area contributed by atoms with Gasteiger partial charge in [0.15, 0.2) is 0 Å². The summed E-state index contributed by atoms with van der Waals surface area (Å²) in [5, 5.41) is 7.33. The number of carbonyl (C=O) groups excluding carboxylic acids is 1. The average Bonchev–Trinajstić information content (AvgIpc) is 3.04. The summed E-state index contributed by atoms with van der Waals surface area (Å²) in [7, 11) is 3.73. The number of benzene rings is 1. The van der Waals surface area contributed by atoms with Gasteiger partial charge in [-0.15, -0.1) is 0 Å². The summed E-state index contributed by atoms with van der Waals surface area (Å²) in [4.78, 5) is 14.5. The van der Waals surface area contributed by atoms with Crippen LogP contribution in [-0.4, -0.2) is 40.2 Å². The number of hydrogen-bond acceptors (Lipinski definition) is 3. The number of hydrogen-bond donors (Lipinski definition) is 1. The molecular formula is C22H33FN4O. The van der Waals surface area contributed by atoms with Gasteiger partial charge >= 0.3 is 0 Å². The second-order valence-corrected chi connectivity index (χ2v) is 7.64. The molecule has 5 nitrogen and oxygen atoms in total. The molecule has 28 heavy (non-hydrogen) atoms. The van der Waals surface area contributed by atoms with Crippen molar-refractivity contribution in [1.29, 1.82) is 0 Å². The molecule has 0 unspecified atom stereocenters. The van der Waals surface area contributed by atoms with E-state index in [0.717, 1.165) is 24.0 Å². The van der Waals surface area contributed by atoms with Gasteiger partial charge in [-0.25, -0.2) is 4.39 Å². The van der Waals surface area contributed by atoms with Crippen molar-refractivity contribution in [2.24, 2.45) is 7.05 Å². The number of likely N-dealkylation sites (N-methyl/N-ethyl adjacent to an activating group) is 1. The fraction of sp³-hybridized carbons (Fsp3) is 0.545. The monoisotopic (exact) mass is 388 g/mol. The van der Waals surface area contributed by atoms with Crippen molar-refractivity contribution >= 4 is 5.91 Å². The van der Waals surface area contributed by atoms with E-state index in [0.29, 0.717) is 0 Å². The Morgan fingerprint density at radius 1 is 1.29 bits per heavy atom. The Hall–Kier alpha value is -2.21. The van der Waals surface area contributed by atoms with Crippen molar-refractivity contribution in [3.05, 3.63) is 53.6 Å². The minimum absolute atomic E-state index is 0.0178. The fourth-order valence-electron chi connectivity index (χ4n) is 3.55. The van der Waals surface area contributed by atoms with Gasteiger partial charge in [-0.2, -0.15) is 5.10 Å². The smallest absolute Gasteiger partial charge is 0.234 e. The first kappa shape index (κ1) is 22.1. The molecule has 0 spiro atoms. The maximum absolute atomic E-state index is 13.8. The molecule has 0 saturated carbocycles. The lowest BCUT2D eigenvalue weighted by Gasteiger charge is -2.28. The van der Waals surface area contributed by atoms with Crippen LogP contribution in [0.15, 0.2) is 36.7 Å². The van der Waals surface area contributed by atoms with E-state index in [1.165, 1.54) is 31.4 Å². The lowest BCUT2D eigenvalue weighted by Crippen LogP contribution is -2.41. The van der Waals surface area contributed by atoms with Crippen LogP contribution in [0.3, 0.4) is 0 Å². The van der Waals surface area contributed by atoms with Gasteiger partial charge in [-0.1, -0.05) is 44.7 Å². The Balaban J connectivity index is 2.02. The van der Waals surface area contributed by atoms with Gasteiger partial charge in [-0.05, 0) is 38.1 Å². The highest BCUT2D eigenvalue weighted by Crippen LogP contribution is 2.27. The molecule has 1 N–H and O–H groups in total. The van der Waals surface area contributed by atoms with Crippen LogP contribution in [0.4, 0.5) is 4.39 Å². The van der Waals surface area contributed by atoms with Gasteiger partial charge in [0.2, 0.25) is 5.91 Å². The van der Waals surface area contributed by atoms with Gasteiger partial charge in [0, 0.05) is 24.8 Å². The standard InChI is InChI=1S/C22H33FN4O/c1-5-6-7-8-10-17(2)25-21(28)16-26(3)22(19-14-24-27(4)15-19)18-11-9-12-20(23)13-18/h9,11-15,17,22H,5-8,10,16H2,1-4H3,(H,25,28)/t17-,22+/m1/s1. The average molecular weight is 389 g/mol. The normalized spacial score (nSPS) is 13.5. The van der Waals surface area contributed by atoms with Gasteiger partial charge in [0.1, 0.15) is 5.82 Å². The third kappa shape index (κ3) is 6.75. The van der Waals surface area contributed by atoms with Crippen LogP contribution in [0, 0.1) is 5.82 Å². The summed E-state index contributed by atoms with van der Waals surface area (Å²) in [5.74, 6) is -0.305. The SMILES string of the molecule is CCCCCC[C@@H](C)NC(=O)CN(C)[C@@H](c1cccc(F)c1)c1cnn(C)c1. The van der Waals surface area contributed by atoms with E-state index >= 15 is 0 Å². The van der Waals surface area contributed by atoms with Gasteiger partial charge in [-0.3, -0.25) is 14.4 Å². The molecule has 0 saturated heterocycles. The topological polar surface area (TPSA) is 50.2 Å². The molecule has 2 rings (SSSR count). The number of nitrogens with zero attached hydrogens (tertiary/aromatic N) is 3. The maximum Gasteiger partial charge on any atom is 0.234 e. The van der Waals surface area contributed by atoms with Gasteiger partial charge in [0.25, 0.3) is 0 Å². The Kier molecular flexibility index (Phi) is 8.64. The molecule has 0 aliphatic carbocycles. The van der Waals surface area contributed by atoms with Crippen LogP contribution in [0.1, 0.15) is 63.1 Å². The molecule has 1 amide bonds. The minimum atomic E-state index is -0.287. The van der Waals surface area contributed by atoms with E-state index in [-0.39, 0.29) is 30.4 Å². The second-order valence-electron chi connectivity index (χ2n) is 7.64. The van der Waals surface area contributed by atoms with Crippen molar-refractivity contribution in [3.63, 3.8) is 0 Å². The lowest BCUT2D eigenvalue weighted by molar-refractivity contribution is -0.122. The molecule has 6 heteroatoms. The van der Waals surface area contributed by atoms with E-state index in [1.807, 2.05) is 31.3 Å². The first-order chi connectivity index (χ1) is 13.4. The number of aryl methyl sites for hydroxylation is 1. The summed E-state index contributed by atoms with van der Waals surface area (Å²) in [5.41, 5.74) is 1.73. The molecule has 1 aromatic carbocycles. The highest BCUT2D eigenvalue weighted by atomic mass is 19.1. The number of amides is 1. The van der Waals surface area contributed by atoms with E-state index < -0.39 is 0 Å². The summed E-state index contributed by atoms with van der Waals surface area (Å²) >= 11 is 0. The zero-order valence-electron chi connectivity index (χ0n) is 17.5. The van der Waals surface area contributed by atoms with E-state index in [1.54, 1.807) is 16.9 Å². The zero-order chi connectivity index (χ0) is 20.5.